The van der Waals surface area contributed by atoms with Crippen molar-refractivity contribution in [3.8, 4) is 11.5 Å². The van der Waals surface area contributed by atoms with Crippen LogP contribution in [0.2, 0.25) is 5.02 Å². The Bertz CT molecular complexity index is 1650. The van der Waals surface area contributed by atoms with E-state index in [1.807, 2.05) is 26.0 Å². The molecule has 6 rings (SSSR count). The molecule has 1 amide bonds. The largest absolute Gasteiger partial charge is 0.507 e. The number of halogens is 1. The van der Waals surface area contributed by atoms with Crippen molar-refractivity contribution in [3.63, 3.8) is 0 Å². The van der Waals surface area contributed by atoms with E-state index in [1.54, 1.807) is 48.5 Å². The molecule has 1 N–H and O–H groups in total. The number of aliphatic hydroxyl groups excluding tert-OH is 1. The van der Waals surface area contributed by atoms with Crippen LogP contribution < -0.4 is 14.4 Å². The van der Waals surface area contributed by atoms with E-state index in [2.05, 4.69) is 4.98 Å². The minimum absolute atomic E-state index is 0.00662. The summed E-state index contributed by atoms with van der Waals surface area (Å²) in [5.74, 6) is -0.443. The van der Waals surface area contributed by atoms with Crippen LogP contribution in [-0.4, -0.2) is 34.5 Å². The van der Waals surface area contributed by atoms with Gasteiger partial charge in [-0.25, -0.2) is 4.98 Å². The Kier molecular flexibility index (Phi) is 6.08. The van der Waals surface area contributed by atoms with Gasteiger partial charge in [0.25, 0.3) is 5.78 Å². The molecule has 0 aliphatic carbocycles. The predicted octanol–water partition coefficient (Wildman–Crippen LogP) is 6.30. The monoisotopic (exact) mass is 546 g/mol. The molecule has 192 valence electrons. The molecule has 7 nitrogen and oxygen atoms in total. The fourth-order valence-electron chi connectivity index (χ4n) is 5.00. The molecule has 2 atom stereocenters. The summed E-state index contributed by atoms with van der Waals surface area (Å²) >= 11 is 7.43. The van der Waals surface area contributed by atoms with E-state index in [-0.39, 0.29) is 17.4 Å². The van der Waals surface area contributed by atoms with Gasteiger partial charge in [-0.1, -0.05) is 35.1 Å². The quantitative estimate of drug-likeness (QED) is 0.179. The van der Waals surface area contributed by atoms with Crippen molar-refractivity contribution in [1.29, 1.82) is 0 Å². The number of aromatic nitrogens is 1. The Morgan fingerprint density at radius 2 is 2.03 bits per heavy atom. The standard InChI is InChI=1S/C29H23ClN2O5S/c1-3-36-20-6-4-5-16(13-20)25-24(26(33)17-7-10-22-18(12-17)11-15(2)37-22)27(34)28(35)32(25)29-31-21-9-8-19(30)14-23(21)38-29/h4-10,12-15,25,33H,3,11H2,1-2H3/b26-24+/t15-,25+/m0/s1. The van der Waals surface area contributed by atoms with Gasteiger partial charge in [0.2, 0.25) is 0 Å². The first-order valence-corrected chi connectivity index (χ1v) is 13.4. The number of hydrogen-bond donors (Lipinski definition) is 1. The van der Waals surface area contributed by atoms with Crippen LogP contribution in [0.15, 0.2) is 66.2 Å². The first-order chi connectivity index (χ1) is 18.3. The van der Waals surface area contributed by atoms with E-state index in [0.717, 1.165) is 16.0 Å². The van der Waals surface area contributed by atoms with Gasteiger partial charge >= 0.3 is 5.91 Å². The molecule has 1 fully saturated rings. The summed E-state index contributed by atoms with van der Waals surface area (Å²) in [5.41, 5.74) is 2.65. The molecule has 38 heavy (non-hydrogen) atoms. The van der Waals surface area contributed by atoms with E-state index in [0.29, 0.717) is 45.6 Å². The SMILES string of the molecule is CCOc1cccc([C@@H]2/C(=C(\O)c3ccc4c(c3)C[C@H](C)O4)C(=O)C(=O)N2c2nc3ccc(Cl)cc3s2)c1. The van der Waals surface area contributed by atoms with Gasteiger partial charge in [-0.05, 0) is 73.5 Å². The van der Waals surface area contributed by atoms with Crippen LogP contribution in [0, 0.1) is 0 Å². The van der Waals surface area contributed by atoms with Gasteiger partial charge in [0.1, 0.15) is 23.4 Å². The average Bonchev–Trinajstić information content (AvgIpc) is 3.56. The second kappa shape index (κ2) is 9.45. The Labute approximate surface area is 227 Å². The lowest BCUT2D eigenvalue weighted by atomic mass is 9.94. The number of fused-ring (bicyclic) bond motifs is 2. The van der Waals surface area contributed by atoms with Crippen LogP contribution >= 0.6 is 22.9 Å². The highest BCUT2D eigenvalue weighted by atomic mass is 35.5. The van der Waals surface area contributed by atoms with Gasteiger partial charge in [-0.15, -0.1) is 0 Å². The number of anilines is 1. The fraction of sp³-hybridized carbons (Fsp3) is 0.207. The lowest BCUT2D eigenvalue weighted by Gasteiger charge is -2.23. The average molecular weight is 547 g/mol. The van der Waals surface area contributed by atoms with Gasteiger partial charge in [-0.3, -0.25) is 14.5 Å². The number of carbonyl (C=O) groups excluding carboxylic acids is 2. The van der Waals surface area contributed by atoms with Crippen molar-refractivity contribution in [3.05, 3.63) is 87.9 Å². The predicted molar refractivity (Wildman–Crippen MR) is 147 cm³/mol. The van der Waals surface area contributed by atoms with Gasteiger partial charge in [0.15, 0.2) is 5.13 Å². The minimum Gasteiger partial charge on any atom is -0.507 e. The Morgan fingerprint density at radius 1 is 1.18 bits per heavy atom. The van der Waals surface area contributed by atoms with Crippen LogP contribution in [0.4, 0.5) is 5.13 Å². The third kappa shape index (κ3) is 4.10. The molecule has 0 unspecified atom stereocenters. The topological polar surface area (TPSA) is 89.0 Å². The highest BCUT2D eigenvalue weighted by molar-refractivity contribution is 7.22. The number of Topliss-reactive ketones (excluding diaryl/α,β-unsaturated/α-hetero) is 1. The number of nitrogens with zero attached hydrogens (tertiary/aromatic N) is 2. The number of ketones is 1. The number of hydrogen-bond acceptors (Lipinski definition) is 7. The van der Waals surface area contributed by atoms with Crippen molar-refractivity contribution in [2.45, 2.75) is 32.4 Å². The van der Waals surface area contributed by atoms with E-state index < -0.39 is 17.7 Å². The Hall–Kier alpha value is -3.88. The van der Waals surface area contributed by atoms with Gasteiger partial charge < -0.3 is 14.6 Å². The number of benzene rings is 3. The highest BCUT2D eigenvalue weighted by Gasteiger charge is 2.48. The molecule has 9 heteroatoms. The number of thiazole rings is 1. The van der Waals surface area contributed by atoms with E-state index in [9.17, 15) is 14.7 Å². The van der Waals surface area contributed by atoms with Crippen molar-refractivity contribution < 1.29 is 24.2 Å². The molecule has 3 aromatic carbocycles. The number of ether oxygens (including phenoxy) is 2. The number of rotatable bonds is 5. The van der Waals surface area contributed by atoms with Crippen LogP contribution in [0.3, 0.4) is 0 Å². The number of carbonyl (C=O) groups is 2. The summed E-state index contributed by atoms with van der Waals surface area (Å²) in [7, 11) is 0. The van der Waals surface area contributed by atoms with E-state index >= 15 is 0 Å². The Morgan fingerprint density at radius 3 is 2.84 bits per heavy atom. The normalized spacial score (nSPS) is 20.1. The summed E-state index contributed by atoms with van der Waals surface area (Å²) in [6.07, 6.45) is 0.723. The van der Waals surface area contributed by atoms with Crippen LogP contribution in [0.25, 0.3) is 16.0 Å². The van der Waals surface area contributed by atoms with Crippen molar-refractivity contribution in [1.82, 2.24) is 4.98 Å². The first kappa shape index (κ1) is 24.5. The van der Waals surface area contributed by atoms with Gasteiger partial charge in [-0.2, -0.15) is 0 Å². The Balaban J connectivity index is 1.54. The minimum atomic E-state index is -0.908. The van der Waals surface area contributed by atoms with Gasteiger partial charge in [0.05, 0.1) is 28.4 Å². The molecular formula is C29H23ClN2O5S. The molecule has 0 radical (unpaired) electrons. The summed E-state index contributed by atoms with van der Waals surface area (Å²) in [4.78, 5) is 33.1. The summed E-state index contributed by atoms with van der Waals surface area (Å²) in [6, 6.07) is 16.9. The van der Waals surface area contributed by atoms with Crippen LogP contribution in [-0.2, 0) is 16.0 Å². The maximum Gasteiger partial charge on any atom is 0.301 e. The molecule has 4 aromatic rings. The molecule has 1 saturated heterocycles. The lowest BCUT2D eigenvalue weighted by Crippen LogP contribution is -2.29. The van der Waals surface area contributed by atoms with E-state index in [1.165, 1.54) is 16.2 Å². The smallest absolute Gasteiger partial charge is 0.301 e. The maximum atomic E-state index is 13.5. The molecule has 2 aliphatic heterocycles. The van der Waals surface area contributed by atoms with Crippen molar-refractivity contribution in [2.75, 3.05) is 11.5 Å². The maximum absolute atomic E-state index is 13.5. The molecular weight excluding hydrogens is 524 g/mol. The highest BCUT2D eigenvalue weighted by Crippen LogP contribution is 2.45. The summed E-state index contributed by atoms with van der Waals surface area (Å²) in [5, 5.41) is 12.4. The van der Waals surface area contributed by atoms with Crippen molar-refractivity contribution >= 4 is 55.7 Å². The zero-order chi connectivity index (χ0) is 26.6. The molecule has 3 heterocycles. The lowest BCUT2D eigenvalue weighted by molar-refractivity contribution is -0.132. The summed E-state index contributed by atoms with van der Waals surface area (Å²) < 4.78 is 12.3. The molecule has 0 spiro atoms. The molecule has 0 bridgehead atoms. The summed E-state index contributed by atoms with van der Waals surface area (Å²) in [6.45, 7) is 4.31. The van der Waals surface area contributed by atoms with Crippen molar-refractivity contribution in [2.24, 2.45) is 0 Å². The van der Waals surface area contributed by atoms with E-state index in [4.69, 9.17) is 21.1 Å². The molecule has 0 saturated carbocycles. The second-order valence-corrected chi connectivity index (χ2v) is 10.7. The van der Waals surface area contributed by atoms with Crippen LogP contribution in [0.5, 0.6) is 11.5 Å². The first-order valence-electron chi connectivity index (χ1n) is 12.2. The zero-order valence-electron chi connectivity index (χ0n) is 20.6. The second-order valence-electron chi connectivity index (χ2n) is 9.24. The third-order valence-electron chi connectivity index (χ3n) is 6.64. The zero-order valence-corrected chi connectivity index (χ0v) is 22.2. The molecule has 1 aromatic heterocycles. The van der Waals surface area contributed by atoms with Crippen LogP contribution in [0.1, 0.15) is 36.6 Å². The fourth-order valence-corrected chi connectivity index (χ4v) is 6.27. The third-order valence-corrected chi connectivity index (χ3v) is 7.90. The number of amides is 1. The molecule has 2 aliphatic rings. The number of aliphatic hydroxyl groups is 1. The van der Waals surface area contributed by atoms with Gasteiger partial charge in [0, 0.05) is 17.0 Å².